The third-order valence-electron chi connectivity index (χ3n) is 5.26. The molecule has 1 fully saturated rings. The lowest BCUT2D eigenvalue weighted by Crippen LogP contribution is -2.47. The lowest BCUT2D eigenvalue weighted by Gasteiger charge is -2.45. The zero-order chi connectivity index (χ0) is 14.6. The quantitative estimate of drug-likeness (QED) is 0.755. The molecule has 2 heterocycles. The number of halogens is 1. The van der Waals surface area contributed by atoms with Crippen molar-refractivity contribution in [2.24, 2.45) is 5.92 Å². The number of hydrogen-bond donors (Lipinski definition) is 1. The first-order chi connectivity index (χ1) is 10.2. The van der Waals surface area contributed by atoms with E-state index in [1.807, 2.05) is 0 Å². The van der Waals surface area contributed by atoms with Crippen LogP contribution in [0.1, 0.15) is 29.9 Å². The zero-order valence-corrected chi connectivity index (χ0v) is 14.2. The highest BCUT2D eigenvalue weighted by Gasteiger charge is 2.39. The van der Waals surface area contributed by atoms with Crippen LogP contribution in [-0.4, -0.2) is 29.5 Å². The Kier molecular flexibility index (Phi) is 3.23. The predicted octanol–water partition coefficient (Wildman–Crippen LogP) is 3.65. The lowest BCUT2D eigenvalue weighted by molar-refractivity contribution is 0.113. The van der Waals surface area contributed by atoms with Crippen molar-refractivity contribution < 1.29 is 0 Å². The standard InChI is InChI=1S/C17H18IN3/c1-21-9-10(5-6-19)7-12-11-3-2-4-14-16(11)13(8-15(12)21)17(18)20-14/h2-4,10,12,15,20H,5,7-9H2,1H3/t10-,12-,15-/m1/s1. The molecule has 1 aliphatic carbocycles. The lowest BCUT2D eigenvalue weighted by atomic mass is 9.72. The predicted molar refractivity (Wildman–Crippen MR) is 92.2 cm³/mol. The molecule has 0 radical (unpaired) electrons. The Morgan fingerprint density at radius 3 is 3.14 bits per heavy atom. The summed E-state index contributed by atoms with van der Waals surface area (Å²) < 4.78 is 1.29. The van der Waals surface area contributed by atoms with Crippen LogP contribution in [0.25, 0.3) is 10.9 Å². The number of fused-ring (bicyclic) bond motifs is 2. The number of nitrogens with one attached hydrogen (secondary N) is 1. The summed E-state index contributed by atoms with van der Waals surface area (Å²) in [6.07, 6.45) is 2.97. The second-order valence-corrected chi connectivity index (χ2v) is 7.55. The third kappa shape index (κ3) is 2.01. The van der Waals surface area contributed by atoms with Gasteiger partial charge < -0.3 is 9.88 Å². The highest BCUT2D eigenvalue weighted by atomic mass is 127. The van der Waals surface area contributed by atoms with E-state index in [-0.39, 0.29) is 0 Å². The van der Waals surface area contributed by atoms with E-state index in [9.17, 15) is 0 Å². The second-order valence-electron chi connectivity index (χ2n) is 6.47. The minimum Gasteiger partial charge on any atom is -0.350 e. The number of likely N-dealkylation sites (tertiary alicyclic amines) is 1. The van der Waals surface area contributed by atoms with Crippen LogP contribution >= 0.6 is 22.6 Å². The summed E-state index contributed by atoms with van der Waals surface area (Å²) in [7, 11) is 2.23. The van der Waals surface area contributed by atoms with Gasteiger partial charge in [0, 0.05) is 35.8 Å². The zero-order valence-electron chi connectivity index (χ0n) is 12.1. The Labute approximate surface area is 138 Å². The highest BCUT2D eigenvalue weighted by molar-refractivity contribution is 14.1. The average Bonchev–Trinajstić information content (AvgIpc) is 2.78. The first-order valence-electron chi connectivity index (χ1n) is 7.55. The van der Waals surface area contributed by atoms with Crippen LogP contribution in [0.15, 0.2) is 18.2 Å². The number of piperidine rings is 1. The summed E-state index contributed by atoms with van der Waals surface area (Å²) in [5.41, 5.74) is 4.26. The van der Waals surface area contributed by atoms with Gasteiger partial charge in [-0.25, -0.2) is 0 Å². The van der Waals surface area contributed by atoms with E-state index >= 15 is 0 Å². The maximum absolute atomic E-state index is 9.04. The summed E-state index contributed by atoms with van der Waals surface area (Å²) in [6, 6.07) is 9.61. The van der Waals surface area contributed by atoms with Crippen LogP contribution < -0.4 is 0 Å². The molecule has 1 saturated heterocycles. The summed E-state index contributed by atoms with van der Waals surface area (Å²) in [4.78, 5) is 6.02. The van der Waals surface area contributed by atoms with Crippen molar-refractivity contribution in [1.82, 2.24) is 9.88 Å². The summed E-state index contributed by atoms with van der Waals surface area (Å²) in [6.45, 7) is 1.06. The van der Waals surface area contributed by atoms with E-state index in [0.29, 0.717) is 24.3 Å². The Hall–Kier alpha value is -1.06. The Morgan fingerprint density at radius 1 is 1.48 bits per heavy atom. The number of H-pyrrole nitrogens is 1. The Bertz CT molecular complexity index is 742. The van der Waals surface area contributed by atoms with E-state index < -0.39 is 0 Å². The van der Waals surface area contributed by atoms with E-state index in [4.69, 9.17) is 5.26 Å². The molecule has 0 unspecified atom stereocenters. The van der Waals surface area contributed by atoms with Crippen molar-refractivity contribution in [1.29, 1.82) is 5.26 Å². The van der Waals surface area contributed by atoms with Gasteiger partial charge in [0.25, 0.3) is 0 Å². The molecule has 3 atom stereocenters. The molecular weight excluding hydrogens is 373 g/mol. The van der Waals surface area contributed by atoms with Gasteiger partial charge >= 0.3 is 0 Å². The van der Waals surface area contributed by atoms with Gasteiger partial charge in [-0.2, -0.15) is 5.26 Å². The molecule has 1 N–H and O–H groups in total. The molecule has 108 valence electrons. The molecule has 0 saturated carbocycles. The Morgan fingerprint density at radius 2 is 2.33 bits per heavy atom. The topological polar surface area (TPSA) is 42.8 Å². The molecule has 0 spiro atoms. The largest absolute Gasteiger partial charge is 0.350 e. The maximum Gasteiger partial charge on any atom is 0.0815 e. The number of aromatic nitrogens is 1. The molecule has 21 heavy (non-hydrogen) atoms. The van der Waals surface area contributed by atoms with Crippen molar-refractivity contribution >= 4 is 33.5 Å². The van der Waals surface area contributed by atoms with Crippen molar-refractivity contribution in [3.63, 3.8) is 0 Å². The number of aromatic amines is 1. The molecule has 2 aliphatic rings. The molecule has 0 bridgehead atoms. The number of nitriles is 1. The first-order valence-corrected chi connectivity index (χ1v) is 8.63. The number of rotatable bonds is 1. The number of likely N-dealkylation sites (N-methyl/N-ethyl adjacent to an activating group) is 1. The van der Waals surface area contributed by atoms with Crippen molar-refractivity contribution in [3.05, 3.63) is 33.0 Å². The Balaban J connectivity index is 1.84. The maximum atomic E-state index is 9.04. The summed E-state index contributed by atoms with van der Waals surface area (Å²) in [5.74, 6) is 1.08. The molecular formula is C17H18IN3. The minimum absolute atomic E-state index is 0.510. The SMILES string of the molecule is CN1C[C@H](CC#N)C[C@@H]2c3cccc4[nH]c(I)c(c34)C[C@H]21. The fourth-order valence-electron chi connectivity index (χ4n) is 4.37. The van der Waals surface area contributed by atoms with Gasteiger partial charge in [-0.15, -0.1) is 0 Å². The third-order valence-corrected chi connectivity index (χ3v) is 6.19. The van der Waals surface area contributed by atoms with Gasteiger partial charge in [0.05, 0.1) is 9.77 Å². The molecule has 1 aromatic heterocycles. The van der Waals surface area contributed by atoms with Gasteiger partial charge in [0.2, 0.25) is 0 Å². The molecule has 1 aliphatic heterocycles. The minimum atomic E-state index is 0.510. The van der Waals surface area contributed by atoms with Gasteiger partial charge in [-0.1, -0.05) is 12.1 Å². The van der Waals surface area contributed by atoms with Gasteiger partial charge in [-0.3, -0.25) is 0 Å². The van der Waals surface area contributed by atoms with E-state index in [2.05, 4.69) is 63.8 Å². The first kappa shape index (κ1) is 13.6. The van der Waals surface area contributed by atoms with Crippen LogP contribution in [0, 0.1) is 20.9 Å². The van der Waals surface area contributed by atoms with Crippen LogP contribution in [0.2, 0.25) is 0 Å². The van der Waals surface area contributed by atoms with Gasteiger partial charge in [-0.05, 0) is 65.6 Å². The van der Waals surface area contributed by atoms with Gasteiger partial charge in [0.15, 0.2) is 0 Å². The molecule has 3 nitrogen and oxygen atoms in total. The van der Waals surface area contributed by atoms with E-state index in [0.717, 1.165) is 19.4 Å². The molecule has 2 aromatic rings. The molecule has 1 aromatic carbocycles. The van der Waals surface area contributed by atoms with Crippen LogP contribution in [0.3, 0.4) is 0 Å². The molecule has 0 amide bonds. The average molecular weight is 391 g/mol. The second kappa shape index (κ2) is 4.99. The molecule has 4 rings (SSSR count). The van der Waals surface area contributed by atoms with Gasteiger partial charge in [0.1, 0.15) is 0 Å². The fourth-order valence-corrected chi connectivity index (χ4v) is 5.15. The summed E-state index contributed by atoms with van der Waals surface area (Å²) in [5, 5.41) is 10.5. The number of benzene rings is 1. The smallest absolute Gasteiger partial charge is 0.0815 e. The van der Waals surface area contributed by atoms with Crippen molar-refractivity contribution in [2.45, 2.75) is 31.2 Å². The van der Waals surface area contributed by atoms with E-state index in [1.54, 1.807) is 0 Å². The number of nitrogens with zero attached hydrogens (tertiary/aromatic N) is 2. The number of hydrogen-bond acceptors (Lipinski definition) is 2. The van der Waals surface area contributed by atoms with Crippen molar-refractivity contribution in [2.75, 3.05) is 13.6 Å². The van der Waals surface area contributed by atoms with E-state index in [1.165, 1.54) is 25.7 Å². The monoisotopic (exact) mass is 391 g/mol. The normalized spacial score (nSPS) is 28.3. The highest BCUT2D eigenvalue weighted by Crippen LogP contribution is 2.45. The molecule has 4 heteroatoms. The van der Waals surface area contributed by atoms with Crippen LogP contribution in [0.4, 0.5) is 0 Å². The summed E-state index contributed by atoms with van der Waals surface area (Å²) >= 11 is 2.43. The van der Waals surface area contributed by atoms with Crippen LogP contribution in [0.5, 0.6) is 0 Å². The fraction of sp³-hybridized carbons (Fsp3) is 0.471. The van der Waals surface area contributed by atoms with Crippen LogP contribution in [-0.2, 0) is 6.42 Å². The van der Waals surface area contributed by atoms with Crippen molar-refractivity contribution in [3.8, 4) is 6.07 Å².